The predicted octanol–water partition coefficient (Wildman–Crippen LogP) is 7.31. The van der Waals surface area contributed by atoms with Gasteiger partial charge in [-0.15, -0.1) is 0 Å². The van der Waals surface area contributed by atoms with E-state index in [4.69, 9.17) is 32.6 Å². The summed E-state index contributed by atoms with van der Waals surface area (Å²) in [6, 6.07) is 23.1. The van der Waals surface area contributed by atoms with Gasteiger partial charge in [0.05, 0.1) is 48.3 Å². The average molecular weight is 564 g/mol. The molecule has 0 radical (unpaired) electrons. The number of ether oxygens (including phenoxy) is 3. The average Bonchev–Trinajstić information content (AvgIpc) is 2.95. The lowest BCUT2D eigenvalue weighted by atomic mass is 10.2. The van der Waals surface area contributed by atoms with Crippen molar-refractivity contribution < 1.29 is 32.6 Å². The summed E-state index contributed by atoms with van der Waals surface area (Å²) in [5.41, 5.74) is 2.76. The molecule has 2 unspecified atom stereocenters. The number of rotatable bonds is 16. The van der Waals surface area contributed by atoms with Gasteiger partial charge >= 0.3 is 0 Å². The highest BCUT2D eigenvalue weighted by molar-refractivity contribution is 7.59. The van der Waals surface area contributed by atoms with Crippen LogP contribution in [0.15, 0.2) is 77.3 Å². The molecular weight excluding hydrogens is 533 g/mol. The zero-order valence-electron chi connectivity index (χ0n) is 21.2. The smallest absolute Gasteiger partial charge is 0.275 e. The Balaban J connectivity index is 1.67. The molecule has 37 heavy (non-hydrogen) atoms. The number of methoxy groups -OCH3 is 3. The lowest BCUT2D eigenvalue weighted by Crippen LogP contribution is -2.08. The molecule has 0 saturated carbocycles. The van der Waals surface area contributed by atoms with Gasteiger partial charge in [0.25, 0.3) is 8.45 Å². The van der Waals surface area contributed by atoms with E-state index in [2.05, 4.69) is 4.52 Å². The fourth-order valence-corrected chi connectivity index (χ4v) is 6.21. The van der Waals surface area contributed by atoms with Crippen molar-refractivity contribution in [1.29, 1.82) is 0 Å². The zero-order valence-corrected chi connectivity index (χ0v) is 24.0. The largest absolute Gasteiger partial charge is 0.496 e. The summed E-state index contributed by atoms with van der Waals surface area (Å²) >= 11 is 0. The Morgan fingerprint density at radius 2 is 1.19 bits per heavy atom. The van der Waals surface area contributed by atoms with E-state index >= 15 is 0 Å². The van der Waals surface area contributed by atoms with Crippen LogP contribution in [-0.2, 0) is 38.2 Å². The summed E-state index contributed by atoms with van der Waals surface area (Å²) in [6.45, 7) is 0.961. The molecule has 9 nitrogen and oxygen atoms in total. The van der Waals surface area contributed by atoms with E-state index in [1.54, 1.807) is 33.0 Å². The predicted molar refractivity (Wildman–Crippen MR) is 147 cm³/mol. The third-order valence-corrected chi connectivity index (χ3v) is 8.36. The molecule has 0 saturated heterocycles. The maximum Gasteiger partial charge on any atom is 0.275 e. The summed E-state index contributed by atoms with van der Waals surface area (Å²) in [7, 11) is 5.09. The lowest BCUT2D eigenvalue weighted by Gasteiger charge is -2.24. The minimum absolute atomic E-state index is 0.171. The van der Waals surface area contributed by atoms with Gasteiger partial charge in [-0.3, -0.25) is 4.84 Å². The molecule has 198 valence electrons. The molecule has 0 amide bonds. The fourth-order valence-electron chi connectivity index (χ4n) is 3.17. The molecule has 0 aliphatic heterocycles. The van der Waals surface area contributed by atoms with Gasteiger partial charge in [0.2, 0.25) is 0 Å². The van der Waals surface area contributed by atoms with Crippen LogP contribution in [0, 0.1) is 0 Å². The van der Waals surface area contributed by atoms with Gasteiger partial charge in [-0.1, -0.05) is 59.2 Å². The summed E-state index contributed by atoms with van der Waals surface area (Å²) in [4.78, 5) is 5.59. The first-order valence-electron chi connectivity index (χ1n) is 11.2. The highest BCUT2D eigenvalue weighted by Gasteiger charge is 2.22. The van der Waals surface area contributed by atoms with Crippen LogP contribution in [0.1, 0.15) is 16.7 Å². The highest BCUT2D eigenvalue weighted by atomic mass is 31.2. The molecule has 2 atom stereocenters. The van der Waals surface area contributed by atoms with E-state index in [-0.39, 0.29) is 15.6 Å². The molecule has 3 aromatic rings. The van der Waals surface area contributed by atoms with E-state index in [0.717, 1.165) is 33.9 Å². The summed E-state index contributed by atoms with van der Waals surface area (Å²) < 4.78 is 40.3. The number of nitrogens with zero attached hydrogens (tertiary/aromatic N) is 2. The van der Waals surface area contributed by atoms with Crippen LogP contribution in [0.5, 0.6) is 17.2 Å². The first-order chi connectivity index (χ1) is 18.2. The van der Waals surface area contributed by atoms with Gasteiger partial charge in [0, 0.05) is 16.7 Å². The quantitative estimate of drug-likeness (QED) is 0.132. The molecule has 0 heterocycles. The van der Waals surface area contributed by atoms with Crippen molar-refractivity contribution in [2.75, 3.05) is 28.4 Å². The summed E-state index contributed by atoms with van der Waals surface area (Å²) in [5, 5.41) is 0. The normalized spacial score (nSPS) is 12.5. The van der Waals surface area contributed by atoms with Gasteiger partial charge in [-0.2, -0.15) is 4.52 Å². The number of para-hydroxylation sites is 3. The van der Waals surface area contributed by atoms with Crippen molar-refractivity contribution >= 4 is 26.0 Å². The monoisotopic (exact) mass is 564 g/mol. The SMILES string of the molecule is COc1ccccc1COP=NP(OCc1ccccc1OC)N(OC)POCc1ccccc1OC. The van der Waals surface area contributed by atoms with Crippen LogP contribution >= 0.6 is 26.0 Å². The number of hydrogen-bond acceptors (Lipinski definition) is 9. The molecule has 0 aromatic heterocycles. The maximum absolute atomic E-state index is 6.18. The molecule has 3 aromatic carbocycles. The Bertz CT molecular complexity index is 1120. The molecule has 0 aliphatic rings. The maximum atomic E-state index is 6.18. The van der Waals surface area contributed by atoms with Gasteiger partial charge < -0.3 is 27.8 Å². The van der Waals surface area contributed by atoms with Crippen LogP contribution < -0.4 is 14.2 Å². The summed E-state index contributed by atoms with van der Waals surface area (Å²) in [5.74, 6) is 2.26. The van der Waals surface area contributed by atoms with Crippen molar-refractivity contribution in [2.45, 2.75) is 19.8 Å². The van der Waals surface area contributed by atoms with Crippen LogP contribution in [0.2, 0.25) is 0 Å². The van der Waals surface area contributed by atoms with Crippen molar-refractivity contribution in [3.63, 3.8) is 0 Å². The second kappa shape index (κ2) is 16.6. The number of benzene rings is 3. The molecule has 0 fully saturated rings. The van der Waals surface area contributed by atoms with Crippen molar-refractivity contribution in [3.05, 3.63) is 89.5 Å². The summed E-state index contributed by atoms with van der Waals surface area (Å²) in [6.07, 6.45) is 0. The molecule has 0 bridgehead atoms. The molecule has 3 rings (SSSR count). The van der Waals surface area contributed by atoms with Gasteiger partial charge in [0.15, 0.2) is 8.60 Å². The van der Waals surface area contributed by atoms with Crippen LogP contribution in [0.4, 0.5) is 0 Å². The van der Waals surface area contributed by atoms with Gasteiger partial charge in [-0.05, 0) is 18.2 Å². The Morgan fingerprint density at radius 3 is 1.70 bits per heavy atom. The van der Waals surface area contributed by atoms with E-state index in [1.165, 1.54) is 0 Å². The van der Waals surface area contributed by atoms with Crippen LogP contribution in [-0.4, -0.2) is 33.0 Å². The second-order valence-corrected chi connectivity index (χ2v) is 10.8. The molecule has 0 N–H and O–H groups in total. The molecule has 12 heteroatoms. The fraction of sp³-hybridized carbons (Fsp3) is 0.280. The van der Waals surface area contributed by atoms with Crippen molar-refractivity contribution in [2.24, 2.45) is 4.52 Å². The third kappa shape index (κ3) is 9.26. The van der Waals surface area contributed by atoms with Crippen molar-refractivity contribution in [3.8, 4) is 17.2 Å². The minimum Gasteiger partial charge on any atom is -0.496 e. The minimum atomic E-state index is -1.58. The Labute approximate surface area is 222 Å². The van der Waals surface area contributed by atoms with Crippen LogP contribution in [0.25, 0.3) is 0 Å². The Morgan fingerprint density at radius 1 is 0.703 bits per heavy atom. The Hall–Kier alpha value is -2.18. The van der Waals surface area contributed by atoms with Gasteiger partial charge in [-0.25, -0.2) is 0 Å². The topological polar surface area (TPSA) is 80.2 Å². The standard InChI is InChI=1S/C25H31N2O7P3/c1-28-23-14-8-5-11-20(23)17-32-35-26-37(34-19-22-13-7-10-16-25(22)30-3)27(31-4)36-33-18-21-12-6-9-15-24(21)29-2/h5-16,36H,17-19H2,1-4H3. The Kier molecular flexibility index (Phi) is 13.2. The first-order valence-corrected chi connectivity index (χ1v) is 14.0. The first kappa shape index (κ1) is 29.4. The highest BCUT2D eigenvalue weighted by Crippen LogP contribution is 2.53. The third-order valence-electron chi connectivity index (χ3n) is 5.00. The second-order valence-electron chi connectivity index (χ2n) is 7.24. The zero-order chi connectivity index (χ0) is 26.3. The van der Waals surface area contributed by atoms with E-state index in [1.807, 2.05) is 72.8 Å². The van der Waals surface area contributed by atoms with Crippen LogP contribution in [0.3, 0.4) is 0 Å². The van der Waals surface area contributed by atoms with E-state index in [0.29, 0.717) is 21.8 Å². The molecule has 0 spiro atoms. The van der Waals surface area contributed by atoms with E-state index < -0.39 is 8.45 Å². The van der Waals surface area contributed by atoms with Gasteiger partial charge in [0.1, 0.15) is 26.2 Å². The molecular formula is C25H31N2O7P3. The number of hydrogen-bond donors (Lipinski definition) is 0. The molecule has 0 aliphatic carbocycles. The van der Waals surface area contributed by atoms with Crippen molar-refractivity contribution in [1.82, 2.24) is 4.60 Å². The lowest BCUT2D eigenvalue weighted by molar-refractivity contribution is 0.0174. The van der Waals surface area contributed by atoms with E-state index in [9.17, 15) is 0 Å².